The molecule has 0 aliphatic rings. The quantitative estimate of drug-likeness (QED) is 0.475. The number of aromatic nitrogens is 3. The number of hydrogen-bond donors (Lipinski definition) is 0. The molecule has 0 unspecified atom stereocenters. The summed E-state index contributed by atoms with van der Waals surface area (Å²) in [7, 11) is 0. The summed E-state index contributed by atoms with van der Waals surface area (Å²) < 4.78 is 1.60. The van der Waals surface area contributed by atoms with Gasteiger partial charge in [0.1, 0.15) is 0 Å². The van der Waals surface area contributed by atoms with Crippen LogP contribution in [-0.4, -0.2) is 9.90 Å². The number of para-hydroxylation sites is 1. The monoisotopic (exact) mass is 175 g/mol. The van der Waals surface area contributed by atoms with Crippen LogP contribution in [0.15, 0.2) is 36.5 Å². The number of aryl methyl sites for hydroxylation is 1. The molecule has 0 aliphatic carbocycles. The van der Waals surface area contributed by atoms with Gasteiger partial charge >= 0.3 is 0 Å². The SMILES string of the molecule is Cc1c[n+]([O-])nn1-c1ccccc1. The minimum absolute atomic E-state index is 0.558. The molecule has 0 bridgehead atoms. The second-order valence-corrected chi connectivity index (χ2v) is 2.81. The molecule has 4 heteroatoms. The average molecular weight is 175 g/mol. The normalized spacial score (nSPS) is 10.2. The van der Waals surface area contributed by atoms with Gasteiger partial charge in [0.15, 0.2) is 17.6 Å². The Labute approximate surface area is 75.6 Å². The van der Waals surface area contributed by atoms with Crippen LogP contribution in [0.1, 0.15) is 5.69 Å². The standard InChI is InChI=1S/C9H9N3O/c1-8-7-11(13)10-12(8)9-5-3-2-4-6-9/h2-7H,1H3. The third-order valence-corrected chi connectivity index (χ3v) is 1.81. The molecule has 2 aromatic rings. The second-order valence-electron chi connectivity index (χ2n) is 2.81. The van der Waals surface area contributed by atoms with Crippen LogP contribution in [0.3, 0.4) is 0 Å². The minimum atomic E-state index is 0.558. The lowest BCUT2D eigenvalue weighted by Gasteiger charge is -1.93. The topological polar surface area (TPSA) is 44.8 Å². The van der Waals surface area contributed by atoms with Crippen LogP contribution in [-0.2, 0) is 0 Å². The Hall–Kier alpha value is -1.84. The summed E-state index contributed by atoms with van der Waals surface area (Å²) in [6.07, 6.45) is 1.44. The van der Waals surface area contributed by atoms with Crippen molar-refractivity contribution in [2.75, 3.05) is 0 Å². The van der Waals surface area contributed by atoms with E-state index in [-0.39, 0.29) is 0 Å². The number of hydrogen-bond acceptors (Lipinski definition) is 2. The van der Waals surface area contributed by atoms with Gasteiger partial charge in [0.25, 0.3) is 0 Å². The van der Waals surface area contributed by atoms with Crippen LogP contribution < -0.4 is 4.85 Å². The summed E-state index contributed by atoms with van der Waals surface area (Å²) in [6, 6.07) is 9.55. The Morgan fingerprint density at radius 1 is 1.31 bits per heavy atom. The van der Waals surface area contributed by atoms with Gasteiger partial charge < -0.3 is 5.21 Å². The van der Waals surface area contributed by atoms with E-state index in [0.29, 0.717) is 4.85 Å². The van der Waals surface area contributed by atoms with Crippen LogP contribution in [0.25, 0.3) is 5.69 Å². The van der Waals surface area contributed by atoms with Crippen molar-refractivity contribution < 1.29 is 4.85 Å². The third-order valence-electron chi connectivity index (χ3n) is 1.81. The Kier molecular flexibility index (Phi) is 1.73. The Morgan fingerprint density at radius 3 is 2.54 bits per heavy atom. The molecule has 0 N–H and O–H groups in total. The van der Waals surface area contributed by atoms with E-state index in [4.69, 9.17) is 0 Å². The summed E-state index contributed by atoms with van der Waals surface area (Å²) in [5.74, 6) is 0. The van der Waals surface area contributed by atoms with Gasteiger partial charge in [-0.15, -0.1) is 4.85 Å². The molecule has 66 valence electrons. The fourth-order valence-corrected chi connectivity index (χ4v) is 1.22. The first-order chi connectivity index (χ1) is 6.27. The number of benzene rings is 1. The number of rotatable bonds is 1. The van der Waals surface area contributed by atoms with E-state index in [0.717, 1.165) is 11.4 Å². The fourth-order valence-electron chi connectivity index (χ4n) is 1.22. The highest BCUT2D eigenvalue weighted by Gasteiger charge is 2.09. The molecular formula is C9H9N3O. The molecule has 0 saturated carbocycles. The van der Waals surface area contributed by atoms with Gasteiger partial charge in [-0.1, -0.05) is 22.9 Å². The predicted octanol–water partition coefficient (Wildman–Crippen LogP) is 0.814. The molecule has 2 rings (SSSR count). The first-order valence-electron chi connectivity index (χ1n) is 3.99. The lowest BCUT2D eigenvalue weighted by molar-refractivity contribution is -0.670. The van der Waals surface area contributed by atoms with Crippen molar-refractivity contribution in [2.45, 2.75) is 6.92 Å². The lowest BCUT2D eigenvalue weighted by Crippen LogP contribution is -2.27. The zero-order chi connectivity index (χ0) is 9.26. The maximum atomic E-state index is 10.9. The highest BCUT2D eigenvalue weighted by molar-refractivity contribution is 5.30. The molecule has 0 atom stereocenters. The molecule has 0 saturated heterocycles. The largest absolute Gasteiger partial charge is 0.691 e. The molecule has 1 aromatic heterocycles. The average Bonchev–Trinajstić information content (AvgIpc) is 2.47. The molecule has 0 aliphatic heterocycles. The second kappa shape index (κ2) is 2.90. The van der Waals surface area contributed by atoms with Crippen molar-refractivity contribution in [1.82, 2.24) is 9.90 Å². The van der Waals surface area contributed by atoms with Crippen molar-refractivity contribution in [3.05, 3.63) is 47.4 Å². The summed E-state index contributed by atoms with van der Waals surface area (Å²) in [5.41, 5.74) is 1.72. The Balaban J connectivity index is 2.53. The van der Waals surface area contributed by atoms with E-state index < -0.39 is 0 Å². The van der Waals surface area contributed by atoms with Gasteiger partial charge in [-0.2, -0.15) is 0 Å². The van der Waals surface area contributed by atoms with Crippen LogP contribution in [0.4, 0.5) is 0 Å². The van der Waals surface area contributed by atoms with Gasteiger partial charge in [0.05, 0.1) is 5.21 Å². The maximum Gasteiger partial charge on any atom is 0.171 e. The van der Waals surface area contributed by atoms with Crippen LogP contribution in [0, 0.1) is 12.1 Å². The zero-order valence-electron chi connectivity index (χ0n) is 7.21. The smallest absolute Gasteiger partial charge is 0.171 e. The van der Waals surface area contributed by atoms with Crippen molar-refractivity contribution in [3.8, 4) is 5.69 Å². The van der Waals surface area contributed by atoms with Gasteiger partial charge in [-0.05, 0) is 12.1 Å². The molecule has 1 heterocycles. The molecule has 0 radical (unpaired) electrons. The first kappa shape index (κ1) is 7.79. The highest BCUT2D eigenvalue weighted by atomic mass is 16.5. The Morgan fingerprint density at radius 2 is 2.00 bits per heavy atom. The van der Waals surface area contributed by atoms with Gasteiger partial charge in [-0.25, -0.2) is 0 Å². The maximum absolute atomic E-state index is 10.9. The summed E-state index contributed by atoms with van der Waals surface area (Å²) in [4.78, 5) is 0.558. The van der Waals surface area contributed by atoms with Crippen LogP contribution >= 0.6 is 0 Å². The molecule has 4 nitrogen and oxygen atoms in total. The molecule has 1 aromatic carbocycles. The van der Waals surface area contributed by atoms with E-state index in [9.17, 15) is 5.21 Å². The minimum Gasteiger partial charge on any atom is -0.691 e. The van der Waals surface area contributed by atoms with Gasteiger partial charge in [0, 0.05) is 6.92 Å². The summed E-state index contributed by atoms with van der Waals surface area (Å²) >= 11 is 0. The number of nitrogens with zero attached hydrogens (tertiary/aromatic N) is 3. The fraction of sp³-hybridized carbons (Fsp3) is 0.111. The molecule has 0 amide bonds. The van der Waals surface area contributed by atoms with E-state index in [1.165, 1.54) is 6.20 Å². The van der Waals surface area contributed by atoms with E-state index in [1.807, 2.05) is 37.3 Å². The van der Waals surface area contributed by atoms with Crippen molar-refractivity contribution in [1.29, 1.82) is 0 Å². The van der Waals surface area contributed by atoms with E-state index in [2.05, 4.69) is 5.21 Å². The third kappa shape index (κ3) is 1.38. The van der Waals surface area contributed by atoms with E-state index in [1.54, 1.807) is 4.68 Å². The molecule has 0 fully saturated rings. The molecule has 0 spiro atoms. The van der Waals surface area contributed by atoms with E-state index >= 15 is 0 Å². The van der Waals surface area contributed by atoms with Crippen molar-refractivity contribution in [2.24, 2.45) is 0 Å². The first-order valence-corrected chi connectivity index (χ1v) is 3.99. The van der Waals surface area contributed by atoms with Crippen molar-refractivity contribution in [3.63, 3.8) is 0 Å². The van der Waals surface area contributed by atoms with Gasteiger partial charge in [0.2, 0.25) is 0 Å². The Bertz CT molecular complexity index is 408. The highest BCUT2D eigenvalue weighted by Crippen LogP contribution is 2.06. The van der Waals surface area contributed by atoms with Crippen LogP contribution in [0.5, 0.6) is 0 Å². The van der Waals surface area contributed by atoms with Crippen LogP contribution in [0.2, 0.25) is 0 Å². The van der Waals surface area contributed by atoms with Crippen molar-refractivity contribution >= 4 is 0 Å². The summed E-state index contributed by atoms with van der Waals surface area (Å²) in [5, 5.41) is 14.6. The lowest BCUT2D eigenvalue weighted by atomic mass is 10.3. The zero-order valence-corrected chi connectivity index (χ0v) is 7.21. The summed E-state index contributed by atoms with van der Waals surface area (Å²) in [6.45, 7) is 1.84. The molecule has 13 heavy (non-hydrogen) atoms. The predicted molar refractivity (Wildman–Crippen MR) is 47.3 cm³/mol. The molecular weight excluding hydrogens is 166 g/mol. The van der Waals surface area contributed by atoms with Gasteiger partial charge in [-0.3, -0.25) is 0 Å².